The van der Waals surface area contributed by atoms with Crippen LogP contribution in [0.25, 0.3) is 0 Å². The highest BCUT2D eigenvalue weighted by molar-refractivity contribution is 7.12. The van der Waals surface area contributed by atoms with Crippen LogP contribution >= 0.6 is 11.3 Å². The van der Waals surface area contributed by atoms with Crippen molar-refractivity contribution in [2.75, 3.05) is 33.5 Å². The minimum Gasteiger partial charge on any atom is -0.503 e. The number of aliphatic hydroxyl groups excluding tert-OH is 1. The van der Waals surface area contributed by atoms with Gasteiger partial charge in [0, 0.05) is 20.3 Å². The Morgan fingerprint density at radius 2 is 1.91 bits per heavy atom. The molecule has 0 aliphatic carbocycles. The number of unbranched alkanes of at least 4 members (excludes halogenated alkanes) is 2. The van der Waals surface area contributed by atoms with Gasteiger partial charge in [-0.1, -0.05) is 31.9 Å². The van der Waals surface area contributed by atoms with Gasteiger partial charge in [-0.15, -0.1) is 11.3 Å². The number of carbonyl (C=O) groups is 2. The van der Waals surface area contributed by atoms with E-state index in [1.54, 1.807) is 30.7 Å². The summed E-state index contributed by atoms with van der Waals surface area (Å²) in [6.07, 6.45) is 3.71. The van der Waals surface area contributed by atoms with Gasteiger partial charge in [0.2, 0.25) is 5.78 Å². The van der Waals surface area contributed by atoms with Crippen LogP contribution in [0.15, 0.2) is 47.0 Å². The number of methoxy groups -OCH3 is 1. The third-order valence-electron chi connectivity index (χ3n) is 5.63. The number of aliphatic hydroxyl groups is 1. The van der Waals surface area contributed by atoms with Gasteiger partial charge in [-0.25, -0.2) is 0 Å². The van der Waals surface area contributed by atoms with Gasteiger partial charge in [0.1, 0.15) is 0 Å². The Morgan fingerprint density at radius 3 is 2.59 bits per heavy atom. The molecule has 34 heavy (non-hydrogen) atoms. The van der Waals surface area contributed by atoms with Gasteiger partial charge < -0.3 is 24.2 Å². The molecule has 0 bridgehead atoms. The van der Waals surface area contributed by atoms with Crippen molar-refractivity contribution in [1.82, 2.24) is 4.90 Å². The first-order valence-electron chi connectivity index (χ1n) is 11.7. The Bertz CT molecular complexity index is 1000. The number of benzene rings is 1. The Morgan fingerprint density at radius 1 is 1.09 bits per heavy atom. The van der Waals surface area contributed by atoms with Gasteiger partial charge in [-0.05, 0) is 48.9 Å². The molecule has 2 heterocycles. The summed E-state index contributed by atoms with van der Waals surface area (Å²) in [6.45, 7) is 5.85. The van der Waals surface area contributed by atoms with Gasteiger partial charge in [0.25, 0.3) is 5.91 Å². The van der Waals surface area contributed by atoms with E-state index in [0.29, 0.717) is 54.7 Å². The molecule has 1 N–H and O–H groups in total. The van der Waals surface area contributed by atoms with Crippen molar-refractivity contribution < 1.29 is 28.9 Å². The molecule has 1 aromatic carbocycles. The number of ketones is 1. The van der Waals surface area contributed by atoms with Crippen molar-refractivity contribution >= 4 is 23.0 Å². The maximum atomic E-state index is 13.3. The second-order valence-electron chi connectivity index (χ2n) is 8.01. The van der Waals surface area contributed by atoms with E-state index in [-0.39, 0.29) is 11.4 Å². The van der Waals surface area contributed by atoms with Crippen LogP contribution in [0.1, 0.15) is 60.8 Å². The van der Waals surface area contributed by atoms with E-state index >= 15 is 0 Å². The topological polar surface area (TPSA) is 85.3 Å². The second kappa shape index (κ2) is 12.6. The van der Waals surface area contributed by atoms with Gasteiger partial charge in [-0.2, -0.15) is 0 Å². The lowest BCUT2D eigenvalue weighted by molar-refractivity contribution is -0.129. The minimum absolute atomic E-state index is 0.0870. The van der Waals surface area contributed by atoms with E-state index < -0.39 is 17.7 Å². The molecule has 0 saturated carbocycles. The molecular weight excluding hydrogens is 454 g/mol. The number of nitrogens with zero attached hydrogens (tertiary/aromatic N) is 1. The number of thiophene rings is 1. The molecule has 8 heteroatoms. The number of amides is 1. The predicted octanol–water partition coefficient (Wildman–Crippen LogP) is 5.33. The molecule has 0 saturated heterocycles. The molecular formula is C26H33NO6S. The summed E-state index contributed by atoms with van der Waals surface area (Å²) < 4.78 is 16.9. The first-order valence-corrected chi connectivity index (χ1v) is 12.6. The highest BCUT2D eigenvalue weighted by atomic mass is 32.1. The van der Waals surface area contributed by atoms with Gasteiger partial charge in [0.15, 0.2) is 17.3 Å². The largest absolute Gasteiger partial charge is 0.503 e. The van der Waals surface area contributed by atoms with Crippen LogP contribution in [0.3, 0.4) is 0 Å². The van der Waals surface area contributed by atoms with E-state index in [1.807, 2.05) is 19.1 Å². The lowest BCUT2D eigenvalue weighted by Crippen LogP contribution is -2.32. The minimum atomic E-state index is -0.729. The predicted molar refractivity (Wildman–Crippen MR) is 132 cm³/mol. The molecule has 0 spiro atoms. The fraction of sp³-hybridized carbons (Fsp3) is 0.462. The fourth-order valence-corrected chi connectivity index (χ4v) is 4.68. The molecule has 0 fully saturated rings. The SMILES string of the molecule is CCCCCOc1ccc(C2C(C(=O)c3cccs3)=C(O)C(=O)N2CCCOC)cc1OCC. The number of hydrogen-bond donors (Lipinski definition) is 1. The first-order chi connectivity index (χ1) is 16.5. The van der Waals surface area contributed by atoms with E-state index in [1.165, 1.54) is 16.2 Å². The monoisotopic (exact) mass is 487 g/mol. The van der Waals surface area contributed by atoms with Gasteiger partial charge >= 0.3 is 0 Å². The molecule has 1 unspecified atom stereocenters. The Labute approximate surface area is 204 Å². The summed E-state index contributed by atoms with van der Waals surface area (Å²) in [5, 5.41) is 12.6. The average Bonchev–Trinajstić information content (AvgIpc) is 3.46. The van der Waals surface area contributed by atoms with Crippen molar-refractivity contribution in [1.29, 1.82) is 0 Å². The van der Waals surface area contributed by atoms with Crippen molar-refractivity contribution in [3.05, 3.63) is 57.5 Å². The van der Waals surface area contributed by atoms with Crippen LogP contribution in [-0.4, -0.2) is 55.2 Å². The normalized spacial score (nSPS) is 15.8. The molecule has 0 radical (unpaired) electrons. The maximum absolute atomic E-state index is 13.3. The van der Waals surface area contributed by atoms with Crippen molar-refractivity contribution in [2.45, 2.75) is 45.6 Å². The first kappa shape index (κ1) is 25.8. The van der Waals surface area contributed by atoms with Crippen LogP contribution < -0.4 is 9.47 Å². The third-order valence-corrected chi connectivity index (χ3v) is 6.50. The molecule has 1 aliphatic rings. The number of hydrogen-bond acceptors (Lipinski definition) is 7. The van der Waals surface area contributed by atoms with E-state index in [9.17, 15) is 14.7 Å². The van der Waals surface area contributed by atoms with Crippen LogP contribution in [0.5, 0.6) is 11.5 Å². The quantitative estimate of drug-likeness (QED) is 0.286. The van der Waals surface area contributed by atoms with Crippen LogP contribution in [0.2, 0.25) is 0 Å². The Hall–Kier alpha value is -2.84. The molecule has 184 valence electrons. The van der Waals surface area contributed by atoms with Crippen LogP contribution in [0.4, 0.5) is 0 Å². The van der Waals surface area contributed by atoms with Gasteiger partial charge in [-0.3, -0.25) is 9.59 Å². The summed E-state index contributed by atoms with van der Waals surface area (Å²) in [6, 6.07) is 8.19. The van der Waals surface area contributed by atoms with E-state index in [4.69, 9.17) is 14.2 Å². The smallest absolute Gasteiger partial charge is 0.290 e. The summed E-state index contributed by atoms with van der Waals surface area (Å²) >= 11 is 1.28. The Kier molecular flexibility index (Phi) is 9.53. The molecule has 1 atom stereocenters. The number of rotatable bonds is 14. The summed E-state index contributed by atoms with van der Waals surface area (Å²) in [5.41, 5.74) is 0.767. The highest BCUT2D eigenvalue weighted by Gasteiger charge is 2.44. The molecule has 1 aromatic heterocycles. The average molecular weight is 488 g/mol. The summed E-state index contributed by atoms with van der Waals surface area (Å²) in [7, 11) is 1.60. The number of Topliss-reactive ketones (excluding diaryl/α,β-unsaturated/α-hetero) is 1. The third kappa shape index (κ3) is 5.80. The van der Waals surface area contributed by atoms with E-state index in [2.05, 4.69) is 6.92 Å². The van der Waals surface area contributed by atoms with Crippen LogP contribution in [-0.2, 0) is 9.53 Å². The summed E-state index contributed by atoms with van der Waals surface area (Å²) in [4.78, 5) is 28.4. The highest BCUT2D eigenvalue weighted by Crippen LogP contribution is 2.42. The number of ether oxygens (including phenoxy) is 3. The molecule has 1 aliphatic heterocycles. The molecule has 1 amide bonds. The van der Waals surface area contributed by atoms with Crippen LogP contribution in [0, 0.1) is 0 Å². The lowest BCUT2D eigenvalue weighted by Gasteiger charge is -2.27. The second-order valence-corrected chi connectivity index (χ2v) is 8.96. The molecule has 7 nitrogen and oxygen atoms in total. The molecule has 3 rings (SSSR count). The zero-order chi connectivity index (χ0) is 24.5. The van der Waals surface area contributed by atoms with E-state index in [0.717, 1.165) is 19.3 Å². The standard InChI is InChI=1S/C26H33NO6S/c1-4-6-7-15-33-19-12-11-18(17-20(19)32-5-2)23-22(24(28)21-10-8-16-34-21)25(29)26(30)27(23)13-9-14-31-3/h8,10-12,16-17,23,29H,4-7,9,13-15H2,1-3H3. The molecule has 2 aromatic rings. The van der Waals surface area contributed by atoms with Crippen molar-refractivity contribution in [2.24, 2.45) is 0 Å². The van der Waals surface area contributed by atoms with Gasteiger partial charge in [0.05, 0.1) is 29.7 Å². The fourth-order valence-electron chi connectivity index (χ4n) is 4.00. The number of carbonyl (C=O) groups excluding carboxylic acids is 2. The summed E-state index contributed by atoms with van der Waals surface area (Å²) in [5.74, 6) is -0.234. The van der Waals surface area contributed by atoms with Crippen molar-refractivity contribution in [3.8, 4) is 11.5 Å². The zero-order valence-corrected chi connectivity index (χ0v) is 20.9. The zero-order valence-electron chi connectivity index (χ0n) is 20.0. The Balaban J connectivity index is 1.98. The maximum Gasteiger partial charge on any atom is 0.290 e. The lowest BCUT2D eigenvalue weighted by atomic mass is 9.95. The van der Waals surface area contributed by atoms with Crippen molar-refractivity contribution in [3.63, 3.8) is 0 Å².